The minimum atomic E-state index is -0.129. The van der Waals surface area contributed by atoms with Crippen molar-refractivity contribution < 1.29 is 4.79 Å². The number of carbonyl (C=O) groups excluding carboxylic acids is 1. The smallest absolute Gasteiger partial charge is 0.255 e. The quantitative estimate of drug-likeness (QED) is 0.843. The van der Waals surface area contributed by atoms with Gasteiger partial charge in [0, 0.05) is 16.8 Å². The van der Waals surface area contributed by atoms with Crippen molar-refractivity contribution in [3.8, 4) is 6.07 Å². The number of nitrogens with zero attached hydrogens (tertiary/aromatic N) is 1. The van der Waals surface area contributed by atoms with E-state index in [-0.39, 0.29) is 5.91 Å². The van der Waals surface area contributed by atoms with E-state index in [0.717, 1.165) is 37.0 Å². The summed E-state index contributed by atoms with van der Waals surface area (Å²) in [5.41, 5.74) is 2.15. The Morgan fingerprint density at radius 1 is 1.18 bits per heavy atom. The van der Waals surface area contributed by atoms with Gasteiger partial charge in [-0.05, 0) is 37.8 Å². The molecule has 0 unspecified atom stereocenters. The molecule has 2 rings (SSSR count). The summed E-state index contributed by atoms with van der Waals surface area (Å²) in [6.07, 6.45) is 3.64. The van der Waals surface area contributed by atoms with Crippen LogP contribution in [0.15, 0.2) is 41.6 Å². The SMILES string of the molecule is N#CC1=C(NC(=O)c2ccccc2)CCCC1. The Hall–Kier alpha value is -2.08. The van der Waals surface area contributed by atoms with Gasteiger partial charge in [0.15, 0.2) is 0 Å². The molecule has 1 aromatic rings. The summed E-state index contributed by atoms with van der Waals surface area (Å²) in [4.78, 5) is 11.9. The minimum Gasteiger partial charge on any atom is -0.325 e. The first kappa shape index (κ1) is 11.4. The van der Waals surface area contributed by atoms with Gasteiger partial charge >= 0.3 is 0 Å². The van der Waals surface area contributed by atoms with Crippen molar-refractivity contribution >= 4 is 5.91 Å². The Morgan fingerprint density at radius 2 is 1.88 bits per heavy atom. The van der Waals surface area contributed by atoms with Crippen LogP contribution >= 0.6 is 0 Å². The van der Waals surface area contributed by atoms with Crippen LogP contribution in [0.5, 0.6) is 0 Å². The molecule has 1 aliphatic carbocycles. The summed E-state index contributed by atoms with van der Waals surface area (Å²) in [6.45, 7) is 0. The Morgan fingerprint density at radius 3 is 2.59 bits per heavy atom. The number of amides is 1. The average molecular weight is 226 g/mol. The minimum absolute atomic E-state index is 0.129. The molecule has 0 aromatic heterocycles. The monoisotopic (exact) mass is 226 g/mol. The van der Waals surface area contributed by atoms with Gasteiger partial charge < -0.3 is 5.32 Å². The summed E-state index contributed by atoms with van der Waals surface area (Å²) in [6, 6.07) is 11.2. The first-order valence-corrected chi connectivity index (χ1v) is 5.80. The van der Waals surface area contributed by atoms with E-state index in [2.05, 4.69) is 11.4 Å². The van der Waals surface area contributed by atoms with E-state index < -0.39 is 0 Å². The molecule has 0 fully saturated rings. The van der Waals surface area contributed by atoms with Gasteiger partial charge in [-0.3, -0.25) is 4.79 Å². The summed E-state index contributed by atoms with van der Waals surface area (Å²) in [5, 5.41) is 11.8. The maximum atomic E-state index is 11.9. The third-order valence-electron chi connectivity index (χ3n) is 2.90. The summed E-state index contributed by atoms with van der Waals surface area (Å²) < 4.78 is 0. The van der Waals surface area contributed by atoms with E-state index in [4.69, 9.17) is 5.26 Å². The van der Waals surface area contributed by atoms with Crippen molar-refractivity contribution in [1.29, 1.82) is 5.26 Å². The highest BCUT2D eigenvalue weighted by atomic mass is 16.1. The van der Waals surface area contributed by atoms with Crippen LogP contribution in [0.2, 0.25) is 0 Å². The topological polar surface area (TPSA) is 52.9 Å². The van der Waals surface area contributed by atoms with Gasteiger partial charge in [0.05, 0.1) is 6.07 Å². The van der Waals surface area contributed by atoms with E-state index in [1.807, 2.05) is 18.2 Å². The molecule has 1 N–H and O–H groups in total. The highest BCUT2D eigenvalue weighted by molar-refractivity contribution is 5.95. The molecule has 0 saturated carbocycles. The van der Waals surface area contributed by atoms with Gasteiger partial charge in [-0.1, -0.05) is 18.2 Å². The van der Waals surface area contributed by atoms with Crippen molar-refractivity contribution in [2.45, 2.75) is 25.7 Å². The zero-order chi connectivity index (χ0) is 12.1. The molecule has 0 aliphatic heterocycles. The van der Waals surface area contributed by atoms with Gasteiger partial charge in [0.1, 0.15) is 0 Å². The van der Waals surface area contributed by atoms with Crippen LogP contribution in [0.4, 0.5) is 0 Å². The molecular weight excluding hydrogens is 212 g/mol. The predicted molar refractivity (Wildman–Crippen MR) is 65.0 cm³/mol. The lowest BCUT2D eigenvalue weighted by Crippen LogP contribution is -2.25. The molecule has 86 valence electrons. The third-order valence-corrected chi connectivity index (χ3v) is 2.90. The van der Waals surface area contributed by atoms with Crippen molar-refractivity contribution in [1.82, 2.24) is 5.32 Å². The Labute approximate surface area is 101 Å². The second-order valence-corrected chi connectivity index (χ2v) is 4.10. The number of hydrogen-bond donors (Lipinski definition) is 1. The molecule has 0 heterocycles. The van der Waals surface area contributed by atoms with Crippen molar-refractivity contribution in [3.05, 3.63) is 47.2 Å². The summed E-state index contributed by atoms with van der Waals surface area (Å²) >= 11 is 0. The lowest BCUT2D eigenvalue weighted by molar-refractivity contribution is 0.0963. The number of allylic oxidation sites excluding steroid dienone is 2. The molecule has 1 amide bonds. The fourth-order valence-corrected chi connectivity index (χ4v) is 1.97. The van der Waals surface area contributed by atoms with Gasteiger partial charge in [-0.25, -0.2) is 0 Å². The largest absolute Gasteiger partial charge is 0.325 e. The van der Waals surface area contributed by atoms with E-state index in [0.29, 0.717) is 5.56 Å². The molecule has 1 aromatic carbocycles. The molecule has 0 radical (unpaired) electrons. The molecule has 3 heteroatoms. The standard InChI is InChI=1S/C14H14N2O/c15-10-12-8-4-5-9-13(12)16-14(17)11-6-2-1-3-7-11/h1-3,6-7H,4-5,8-9H2,(H,16,17). The molecule has 0 bridgehead atoms. The van der Waals surface area contributed by atoms with E-state index in [1.165, 1.54) is 0 Å². The Bertz CT molecular complexity index is 483. The fourth-order valence-electron chi connectivity index (χ4n) is 1.97. The average Bonchev–Trinajstić information content (AvgIpc) is 2.40. The van der Waals surface area contributed by atoms with Crippen molar-refractivity contribution in [2.75, 3.05) is 0 Å². The number of hydrogen-bond acceptors (Lipinski definition) is 2. The van der Waals surface area contributed by atoms with E-state index >= 15 is 0 Å². The first-order valence-electron chi connectivity index (χ1n) is 5.80. The molecule has 1 aliphatic rings. The fraction of sp³-hybridized carbons (Fsp3) is 0.286. The molecular formula is C14H14N2O. The zero-order valence-corrected chi connectivity index (χ0v) is 9.57. The summed E-state index contributed by atoms with van der Waals surface area (Å²) in [5.74, 6) is -0.129. The highest BCUT2D eigenvalue weighted by Gasteiger charge is 2.15. The van der Waals surface area contributed by atoms with Crippen molar-refractivity contribution in [2.24, 2.45) is 0 Å². The van der Waals surface area contributed by atoms with E-state index in [9.17, 15) is 4.79 Å². The number of rotatable bonds is 2. The van der Waals surface area contributed by atoms with Gasteiger partial charge in [-0.15, -0.1) is 0 Å². The maximum Gasteiger partial charge on any atom is 0.255 e. The molecule has 0 spiro atoms. The van der Waals surface area contributed by atoms with Crippen LogP contribution in [0.25, 0.3) is 0 Å². The van der Waals surface area contributed by atoms with Crippen LogP contribution in [0.3, 0.4) is 0 Å². The maximum absolute atomic E-state index is 11.9. The Kier molecular flexibility index (Phi) is 3.56. The molecule has 0 atom stereocenters. The lowest BCUT2D eigenvalue weighted by Gasteiger charge is -2.16. The predicted octanol–water partition coefficient (Wildman–Crippen LogP) is 2.77. The van der Waals surface area contributed by atoms with Crippen LogP contribution in [-0.2, 0) is 0 Å². The molecule has 17 heavy (non-hydrogen) atoms. The first-order chi connectivity index (χ1) is 8.31. The second-order valence-electron chi connectivity index (χ2n) is 4.10. The normalized spacial score (nSPS) is 15.2. The van der Waals surface area contributed by atoms with Gasteiger partial charge in [-0.2, -0.15) is 5.26 Å². The van der Waals surface area contributed by atoms with Gasteiger partial charge in [0.2, 0.25) is 0 Å². The van der Waals surface area contributed by atoms with Crippen LogP contribution in [0, 0.1) is 11.3 Å². The third kappa shape index (κ3) is 2.73. The number of nitriles is 1. The molecule has 3 nitrogen and oxygen atoms in total. The van der Waals surface area contributed by atoms with Crippen LogP contribution in [0.1, 0.15) is 36.0 Å². The lowest BCUT2D eigenvalue weighted by atomic mass is 9.97. The molecule has 0 saturated heterocycles. The van der Waals surface area contributed by atoms with E-state index in [1.54, 1.807) is 12.1 Å². The zero-order valence-electron chi connectivity index (χ0n) is 9.57. The second kappa shape index (κ2) is 5.31. The number of carbonyl (C=O) groups is 1. The highest BCUT2D eigenvalue weighted by Crippen LogP contribution is 2.22. The van der Waals surface area contributed by atoms with Crippen molar-refractivity contribution in [3.63, 3.8) is 0 Å². The Balaban J connectivity index is 2.14. The van der Waals surface area contributed by atoms with Gasteiger partial charge in [0.25, 0.3) is 5.91 Å². The number of benzene rings is 1. The van der Waals surface area contributed by atoms with Crippen LogP contribution in [-0.4, -0.2) is 5.91 Å². The summed E-state index contributed by atoms with van der Waals surface area (Å²) in [7, 11) is 0. The van der Waals surface area contributed by atoms with Crippen LogP contribution < -0.4 is 5.32 Å². The number of nitrogens with one attached hydrogen (secondary N) is 1.